The van der Waals surface area contributed by atoms with Crippen molar-refractivity contribution in [3.63, 3.8) is 0 Å². The lowest BCUT2D eigenvalue weighted by Gasteiger charge is -2.12. The van der Waals surface area contributed by atoms with Gasteiger partial charge in [-0.05, 0) is 28.1 Å². The van der Waals surface area contributed by atoms with Crippen molar-refractivity contribution in [2.75, 3.05) is 14.1 Å². The summed E-state index contributed by atoms with van der Waals surface area (Å²) < 4.78 is 25.8. The molecule has 12 heavy (non-hydrogen) atoms. The average molecular weight is 253 g/mol. The Morgan fingerprint density at radius 1 is 1.50 bits per heavy atom. The lowest BCUT2D eigenvalue weighted by molar-refractivity contribution is 0.510. The molecule has 1 aromatic heterocycles. The van der Waals surface area contributed by atoms with Crippen molar-refractivity contribution < 1.29 is 8.42 Å². The summed E-state index contributed by atoms with van der Waals surface area (Å²) in [4.78, 5) is 0. The second kappa shape index (κ2) is 3.20. The van der Waals surface area contributed by atoms with Crippen LogP contribution in [0.1, 0.15) is 0 Å². The molecular weight excluding hydrogens is 244 g/mol. The molecule has 0 atom stereocenters. The molecule has 0 aliphatic heterocycles. The molecule has 1 rings (SSSR count). The maximum atomic E-state index is 11.5. The number of nitrogens with zero attached hydrogens (tertiary/aromatic N) is 2. The molecule has 6 heteroatoms. The summed E-state index contributed by atoms with van der Waals surface area (Å²) in [7, 11) is -0.385. The normalized spacial score (nSPS) is 12.3. The molecule has 0 unspecified atom stereocenters. The van der Waals surface area contributed by atoms with Crippen LogP contribution in [0.15, 0.2) is 22.9 Å². The van der Waals surface area contributed by atoms with Gasteiger partial charge in [-0.15, -0.1) is 0 Å². The van der Waals surface area contributed by atoms with E-state index < -0.39 is 10.2 Å². The average Bonchev–Trinajstić information content (AvgIpc) is 2.35. The van der Waals surface area contributed by atoms with Gasteiger partial charge in [-0.1, -0.05) is 0 Å². The Morgan fingerprint density at radius 3 is 2.42 bits per heavy atom. The maximum Gasteiger partial charge on any atom is 0.307 e. The third kappa shape index (κ3) is 1.55. The van der Waals surface area contributed by atoms with Crippen LogP contribution in [0.5, 0.6) is 0 Å². The largest absolute Gasteiger partial charge is 0.307 e. The van der Waals surface area contributed by atoms with Crippen LogP contribution in [0.25, 0.3) is 0 Å². The number of aromatic nitrogens is 1. The van der Waals surface area contributed by atoms with Gasteiger partial charge >= 0.3 is 10.2 Å². The van der Waals surface area contributed by atoms with Crippen LogP contribution in [-0.2, 0) is 10.2 Å². The number of halogens is 1. The van der Waals surface area contributed by atoms with Crippen molar-refractivity contribution in [2.45, 2.75) is 0 Å². The minimum Gasteiger partial charge on any atom is -0.226 e. The van der Waals surface area contributed by atoms with Crippen LogP contribution in [0.3, 0.4) is 0 Å². The summed E-state index contributed by atoms with van der Waals surface area (Å²) in [6.07, 6.45) is 1.49. The molecule has 0 aliphatic rings. The molecule has 1 aromatic rings. The molecular formula is C6H9BrN2O2S. The Hall–Kier alpha value is -0.330. The molecule has 0 spiro atoms. The van der Waals surface area contributed by atoms with Gasteiger partial charge in [0.25, 0.3) is 0 Å². The highest BCUT2D eigenvalue weighted by molar-refractivity contribution is 9.10. The fourth-order valence-corrected chi connectivity index (χ4v) is 2.39. The van der Waals surface area contributed by atoms with Crippen molar-refractivity contribution in [1.29, 1.82) is 0 Å². The smallest absolute Gasteiger partial charge is 0.226 e. The Bertz CT molecular complexity index is 369. The topological polar surface area (TPSA) is 42.3 Å². The molecule has 68 valence electrons. The van der Waals surface area contributed by atoms with Crippen molar-refractivity contribution in [1.82, 2.24) is 8.28 Å². The lowest BCUT2D eigenvalue weighted by Crippen LogP contribution is -2.28. The zero-order valence-corrected chi connectivity index (χ0v) is 9.13. The molecule has 1 heterocycles. The first kappa shape index (κ1) is 9.76. The molecule has 0 radical (unpaired) electrons. The van der Waals surface area contributed by atoms with E-state index in [4.69, 9.17) is 0 Å². The second-order valence-electron chi connectivity index (χ2n) is 2.42. The molecule has 0 aliphatic carbocycles. The van der Waals surface area contributed by atoms with E-state index >= 15 is 0 Å². The van der Waals surface area contributed by atoms with Crippen molar-refractivity contribution >= 4 is 26.1 Å². The van der Waals surface area contributed by atoms with Crippen LogP contribution in [0, 0.1) is 0 Å². The Labute approximate surface area is 80.1 Å². The van der Waals surface area contributed by atoms with Crippen molar-refractivity contribution in [3.05, 3.63) is 22.9 Å². The lowest BCUT2D eigenvalue weighted by atomic mass is 10.7. The summed E-state index contributed by atoms with van der Waals surface area (Å²) >= 11 is 3.13. The predicted octanol–water partition coefficient (Wildman–Crippen LogP) is 0.905. The van der Waals surface area contributed by atoms with E-state index in [0.29, 0.717) is 4.60 Å². The summed E-state index contributed by atoms with van der Waals surface area (Å²) in [5.74, 6) is 0. The SMILES string of the molecule is CN(C)S(=O)(=O)n1cccc1Br. The highest BCUT2D eigenvalue weighted by atomic mass is 79.9. The van der Waals surface area contributed by atoms with Gasteiger partial charge in [0.1, 0.15) is 4.60 Å². The van der Waals surface area contributed by atoms with E-state index in [9.17, 15) is 8.42 Å². The summed E-state index contributed by atoms with van der Waals surface area (Å²) in [6.45, 7) is 0. The Balaban J connectivity index is 3.24. The standard InChI is InChI=1S/C6H9BrN2O2S/c1-8(2)12(10,11)9-5-3-4-6(9)7/h3-5H,1-2H3. The van der Waals surface area contributed by atoms with E-state index in [1.165, 1.54) is 20.3 Å². The molecule has 0 saturated heterocycles. The minimum absolute atomic E-state index is 0.524. The molecule has 0 bridgehead atoms. The minimum atomic E-state index is -3.36. The van der Waals surface area contributed by atoms with E-state index in [2.05, 4.69) is 15.9 Å². The first-order valence-corrected chi connectivity index (χ1v) is 5.41. The summed E-state index contributed by atoms with van der Waals surface area (Å²) in [5.41, 5.74) is 0. The molecule has 4 nitrogen and oxygen atoms in total. The van der Waals surface area contributed by atoms with Crippen molar-refractivity contribution in [2.24, 2.45) is 0 Å². The summed E-state index contributed by atoms with van der Waals surface area (Å²) in [6, 6.07) is 3.33. The third-order valence-electron chi connectivity index (χ3n) is 1.38. The highest BCUT2D eigenvalue weighted by Gasteiger charge is 2.16. The van der Waals surface area contributed by atoms with Crippen LogP contribution in [-0.4, -0.2) is 30.8 Å². The maximum absolute atomic E-state index is 11.5. The van der Waals surface area contributed by atoms with Gasteiger partial charge in [0.2, 0.25) is 0 Å². The molecule has 0 aromatic carbocycles. The first-order chi connectivity index (χ1) is 5.46. The third-order valence-corrected chi connectivity index (χ3v) is 4.00. The van der Waals surface area contributed by atoms with Crippen molar-refractivity contribution in [3.8, 4) is 0 Å². The second-order valence-corrected chi connectivity index (χ2v) is 5.25. The zero-order valence-electron chi connectivity index (χ0n) is 6.73. The quantitative estimate of drug-likeness (QED) is 0.786. The molecule has 0 N–H and O–H groups in total. The van der Waals surface area contributed by atoms with E-state index in [1.807, 2.05) is 0 Å². The molecule has 0 saturated carbocycles. The van der Waals surface area contributed by atoms with Gasteiger partial charge in [-0.25, -0.2) is 3.97 Å². The van der Waals surface area contributed by atoms with Crippen LogP contribution in [0.2, 0.25) is 0 Å². The Morgan fingerprint density at radius 2 is 2.08 bits per heavy atom. The Kier molecular flexibility index (Phi) is 2.60. The van der Waals surface area contributed by atoms with Gasteiger partial charge in [0, 0.05) is 20.3 Å². The van der Waals surface area contributed by atoms with Gasteiger partial charge in [-0.3, -0.25) is 0 Å². The van der Waals surface area contributed by atoms with Gasteiger partial charge in [-0.2, -0.15) is 12.7 Å². The summed E-state index contributed by atoms with van der Waals surface area (Å²) in [5, 5.41) is 0. The van der Waals surface area contributed by atoms with E-state index in [0.717, 1.165) is 8.28 Å². The zero-order chi connectivity index (χ0) is 9.35. The molecule has 0 fully saturated rings. The number of hydrogen-bond donors (Lipinski definition) is 0. The van der Waals surface area contributed by atoms with Gasteiger partial charge in [0.15, 0.2) is 0 Å². The predicted molar refractivity (Wildman–Crippen MR) is 50.1 cm³/mol. The molecule has 0 amide bonds. The van der Waals surface area contributed by atoms with E-state index in [1.54, 1.807) is 12.1 Å². The number of hydrogen-bond acceptors (Lipinski definition) is 2. The fourth-order valence-electron chi connectivity index (χ4n) is 0.708. The van der Waals surface area contributed by atoms with Crippen LogP contribution < -0.4 is 0 Å². The number of rotatable bonds is 2. The van der Waals surface area contributed by atoms with Crippen LogP contribution in [0.4, 0.5) is 0 Å². The van der Waals surface area contributed by atoms with Gasteiger partial charge in [0.05, 0.1) is 0 Å². The monoisotopic (exact) mass is 252 g/mol. The van der Waals surface area contributed by atoms with Crippen LogP contribution >= 0.6 is 15.9 Å². The fraction of sp³-hybridized carbons (Fsp3) is 0.333. The van der Waals surface area contributed by atoms with E-state index in [-0.39, 0.29) is 0 Å². The van der Waals surface area contributed by atoms with Gasteiger partial charge < -0.3 is 0 Å². The first-order valence-electron chi connectivity index (χ1n) is 3.22. The highest BCUT2D eigenvalue weighted by Crippen LogP contribution is 2.14.